The quantitative estimate of drug-likeness (QED) is 0.542. The molecule has 4 heteroatoms. The molecule has 136 valence electrons. The largest absolute Gasteiger partial charge is 0.378 e. The van der Waals surface area contributed by atoms with Crippen LogP contribution in [-0.2, 0) is 4.74 Å². The summed E-state index contributed by atoms with van der Waals surface area (Å²) >= 11 is 3.77. The van der Waals surface area contributed by atoms with E-state index in [-0.39, 0.29) is 0 Å². The van der Waals surface area contributed by atoms with Crippen molar-refractivity contribution in [3.05, 3.63) is 78.0 Å². The molecule has 2 heterocycles. The first-order chi connectivity index (χ1) is 13.3. The molecule has 0 unspecified atom stereocenters. The van der Waals surface area contributed by atoms with Gasteiger partial charge in [-0.2, -0.15) is 0 Å². The summed E-state index contributed by atoms with van der Waals surface area (Å²) in [6, 6.07) is 15.4. The lowest BCUT2D eigenvalue weighted by atomic mass is 9.93. The number of morpholine rings is 1. The Kier molecular flexibility index (Phi) is 4.64. The zero-order valence-corrected chi connectivity index (χ0v) is 16.7. The topological polar surface area (TPSA) is 12.5 Å². The minimum atomic E-state index is 0.812. The van der Waals surface area contributed by atoms with Gasteiger partial charge in [-0.3, -0.25) is 0 Å². The number of hydrogen-bond donors (Lipinski definition) is 0. The van der Waals surface area contributed by atoms with E-state index in [1.54, 1.807) is 0 Å². The second-order valence-corrected chi connectivity index (χ2v) is 9.08. The molecule has 2 nitrogen and oxygen atoms in total. The maximum absolute atomic E-state index is 5.52. The van der Waals surface area contributed by atoms with Gasteiger partial charge >= 0.3 is 0 Å². The van der Waals surface area contributed by atoms with E-state index in [9.17, 15) is 0 Å². The molecule has 1 aliphatic carbocycles. The molecule has 27 heavy (non-hydrogen) atoms. The molecule has 5 rings (SSSR count). The summed E-state index contributed by atoms with van der Waals surface area (Å²) in [6.45, 7) is 7.82. The average molecular weight is 392 g/mol. The van der Waals surface area contributed by atoms with Gasteiger partial charge in [0, 0.05) is 44.8 Å². The molecule has 0 bridgehead atoms. The lowest BCUT2D eigenvalue weighted by Crippen LogP contribution is -2.36. The van der Waals surface area contributed by atoms with E-state index in [1.165, 1.54) is 36.4 Å². The van der Waals surface area contributed by atoms with Gasteiger partial charge in [0.25, 0.3) is 0 Å². The first kappa shape index (κ1) is 17.2. The molecule has 0 atom stereocenters. The van der Waals surface area contributed by atoms with Crippen LogP contribution >= 0.6 is 23.5 Å². The van der Waals surface area contributed by atoms with Gasteiger partial charge in [0.2, 0.25) is 0 Å². The summed E-state index contributed by atoms with van der Waals surface area (Å²) in [7, 11) is 0. The van der Waals surface area contributed by atoms with Gasteiger partial charge in [-0.1, -0.05) is 60.4 Å². The van der Waals surface area contributed by atoms with E-state index in [4.69, 9.17) is 4.74 Å². The van der Waals surface area contributed by atoms with Crippen LogP contribution in [0.4, 0.5) is 0 Å². The molecular weight excluding hydrogens is 370 g/mol. The van der Waals surface area contributed by atoms with Crippen LogP contribution in [0.1, 0.15) is 12.0 Å². The molecule has 2 aliphatic heterocycles. The lowest BCUT2D eigenvalue weighted by molar-refractivity contribution is 0.0528. The Bertz CT molecular complexity index is 970. The predicted octanol–water partition coefficient (Wildman–Crippen LogP) is 5.86. The minimum Gasteiger partial charge on any atom is -0.378 e. The highest BCUT2D eigenvalue weighted by Crippen LogP contribution is 2.51. The Balaban J connectivity index is 1.48. The van der Waals surface area contributed by atoms with Crippen molar-refractivity contribution in [2.24, 2.45) is 0 Å². The van der Waals surface area contributed by atoms with Gasteiger partial charge in [0.05, 0.1) is 13.2 Å². The molecule has 2 aromatic rings. The van der Waals surface area contributed by atoms with Gasteiger partial charge in [0.15, 0.2) is 0 Å². The smallest absolute Gasteiger partial charge is 0.0642 e. The zero-order valence-electron chi connectivity index (χ0n) is 15.1. The van der Waals surface area contributed by atoms with Crippen LogP contribution < -0.4 is 0 Å². The Morgan fingerprint density at radius 1 is 0.852 bits per heavy atom. The molecule has 3 aliphatic rings. The number of fused-ring (bicyclic) bond motifs is 2. The molecule has 1 fully saturated rings. The highest BCUT2D eigenvalue weighted by Gasteiger charge is 2.24. The fraction of sp³-hybridized carbons (Fsp3) is 0.217. The second kappa shape index (κ2) is 7.27. The van der Waals surface area contributed by atoms with Crippen LogP contribution in [0, 0.1) is 0 Å². The molecular formula is C23H21NOS2. The van der Waals surface area contributed by atoms with Gasteiger partial charge in [0.1, 0.15) is 0 Å². The standard InChI is InChI=1S/C23H21NOS2/c1-16-13-17(15-18(14-16)24-9-11-25-12-10-24)19-5-4-8-22-23(19)27-21-7-3-2-6-20(21)26-22/h2-8,13-14H,1,9-12,15H2. The van der Waals surface area contributed by atoms with E-state index >= 15 is 0 Å². The highest BCUT2D eigenvalue weighted by molar-refractivity contribution is 8.05. The molecule has 0 spiro atoms. The molecule has 2 aromatic carbocycles. The third-order valence-electron chi connectivity index (χ3n) is 5.11. The zero-order chi connectivity index (χ0) is 18.2. The van der Waals surface area contributed by atoms with Gasteiger partial charge in [-0.05, 0) is 41.0 Å². The third-order valence-corrected chi connectivity index (χ3v) is 7.72. The second-order valence-electron chi connectivity index (χ2n) is 6.94. The van der Waals surface area contributed by atoms with Crippen molar-refractivity contribution >= 4 is 29.1 Å². The Morgan fingerprint density at radius 2 is 1.59 bits per heavy atom. The number of rotatable bonds is 2. The van der Waals surface area contributed by atoms with Crippen LogP contribution in [-0.4, -0.2) is 31.2 Å². The van der Waals surface area contributed by atoms with Crippen molar-refractivity contribution in [1.82, 2.24) is 4.90 Å². The van der Waals surface area contributed by atoms with Crippen LogP contribution in [0.15, 0.2) is 92.0 Å². The number of hydrogen-bond acceptors (Lipinski definition) is 4. The summed E-state index contributed by atoms with van der Waals surface area (Å²) in [5.41, 5.74) is 5.17. The average Bonchev–Trinajstić information content (AvgIpc) is 2.72. The molecule has 0 saturated carbocycles. The summed E-state index contributed by atoms with van der Waals surface area (Å²) in [5.74, 6) is 0. The molecule has 0 amide bonds. The van der Waals surface area contributed by atoms with E-state index in [0.29, 0.717) is 0 Å². The van der Waals surface area contributed by atoms with Crippen molar-refractivity contribution in [3.8, 4) is 0 Å². The first-order valence-electron chi connectivity index (χ1n) is 9.29. The van der Waals surface area contributed by atoms with Gasteiger partial charge < -0.3 is 9.64 Å². The van der Waals surface area contributed by atoms with Crippen molar-refractivity contribution in [1.29, 1.82) is 0 Å². The van der Waals surface area contributed by atoms with Crippen LogP contribution in [0.25, 0.3) is 5.57 Å². The molecule has 0 radical (unpaired) electrons. The first-order valence-corrected chi connectivity index (χ1v) is 10.9. The third kappa shape index (κ3) is 3.38. The highest BCUT2D eigenvalue weighted by atomic mass is 32.2. The van der Waals surface area contributed by atoms with Crippen LogP contribution in [0.3, 0.4) is 0 Å². The molecule has 0 N–H and O–H groups in total. The monoisotopic (exact) mass is 391 g/mol. The Hall–Kier alpha value is -1.88. The van der Waals surface area contributed by atoms with Crippen molar-refractivity contribution < 1.29 is 4.74 Å². The number of ether oxygens (including phenoxy) is 1. The maximum atomic E-state index is 5.52. The molecule has 1 saturated heterocycles. The molecule has 0 aromatic heterocycles. The van der Waals surface area contributed by atoms with Crippen LogP contribution in [0.2, 0.25) is 0 Å². The Morgan fingerprint density at radius 3 is 2.41 bits per heavy atom. The lowest BCUT2D eigenvalue weighted by Gasteiger charge is -2.33. The van der Waals surface area contributed by atoms with E-state index in [1.807, 2.05) is 23.5 Å². The van der Waals surface area contributed by atoms with Gasteiger partial charge in [-0.15, -0.1) is 0 Å². The number of nitrogens with zero attached hydrogens (tertiary/aromatic N) is 1. The Labute approximate surface area is 169 Å². The van der Waals surface area contributed by atoms with Crippen molar-refractivity contribution in [2.45, 2.75) is 26.0 Å². The fourth-order valence-corrected chi connectivity index (χ4v) is 6.22. The summed E-state index contributed by atoms with van der Waals surface area (Å²) in [6.07, 6.45) is 5.45. The fourth-order valence-electron chi connectivity index (χ4n) is 3.80. The summed E-state index contributed by atoms with van der Waals surface area (Å²) in [4.78, 5) is 7.88. The van der Waals surface area contributed by atoms with Crippen molar-refractivity contribution in [2.75, 3.05) is 26.3 Å². The van der Waals surface area contributed by atoms with E-state index < -0.39 is 0 Å². The SMILES string of the molecule is C=C1C=C(c2cccc3c2Sc2ccccc2S3)CC(N2CCOCC2)=C1. The van der Waals surface area contributed by atoms with Crippen LogP contribution in [0.5, 0.6) is 0 Å². The summed E-state index contributed by atoms with van der Waals surface area (Å²) < 4.78 is 5.52. The minimum absolute atomic E-state index is 0.812. The normalized spacial score (nSPS) is 19.1. The number of allylic oxidation sites excluding steroid dienone is 4. The van der Waals surface area contributed by atoms with Crippen molar-refractivity contribution in [3.63, 3.8) is 0 Å². The van der Waals surface area contributed by atoms with E-state index in [2.05, 4.69) is 66.1 Å². The summed E-state index contributed by atoms with van der Waals surface area (Å²) in [5, 5.41) is 0. The number of benzene rings is 2. The predicted molar refractivity (Wildman–Crippen MR) is 113 cm³/mol. The maximum Gasteiger partial charge on any atom is 0.0642 e. The van der Waals surface area contributed by atoms with E-state index in [0.717, 1.165) is 38.3 Å². The van der Waals surface area contributed by atoms with Gasteiger partial charge in [-0.25, -0.2) is 0 Å².